The zero-order chi connectivity index (χ0) is 28.8. The molecule has 1 amide bonds. The number of hydrazone groups is 1. The summed E-state index contributed by atoms with van der Waals surface area (Å²) in [5, 5.41) is 6.40. The molecule has 204 valence electrons. The molecule has 0 saturated carbocycles. The Labute approximate surface area is 247 Å². The number of nitrogens with zero attached hydrogens (tertiary/aromatic N) is 1. The average molecular weight is 583 g/mol. The Bertz CT molecular complexity index is 1740. The molecule has 0 unspecified atom stereocenters. The molecule has 5 aromatic carbocycles. The van der Waals surface area contributed by atoms with E-state index in [1.807, 2.05) is 84.9 Å². The van der Waals surface area contributed by atoms with E-state index in [0.717, 1.165) is 21.9 Å². The summed E-state index contributed by atoms with van der Waals surface area (Å²) in [6, 6.07) is 33.1. The maximum absolute atomic E-state index is 12.9. The van der Waals surface area contributed by atoms with Gasteiger partial charge in [0, 0.05) is 10.6 Å². The number of esters is 1. The highest BCUT2D eigenvalue weighted by atomic mass is 35.5. The van der Waals surface area contributed by atoms with Crippen LogP contribution >= 0.6 is 23.2 Å². The van der Waals surface area contributed by atoms with Crippen molar-refractivity contribution in [3.8, 4) is 22.6 Å². The van der Waals surface area contributed by atoms with Gasteiger partial charge in [-0.15, -0.1) is 0 Å². The van der Waals surface area contributed by atoms with E-state index in [-0.39, 0.29) is 16.3 Å². The second-order valence-corrected chi connectivity index (χ2v) is 9.94. The lowest BCUT2D eigenvalue weighted by atomic mass is 10.0. The summed E-state index contributed by atoms with van der Waals surface area (Å²) in [6.45, 7) is 1.64. The predicted molar refractivity (Wildman–Crippen MR) is 163 cm³/mol. The van der Waals surface area contributed by atoms with Crippen LogP contribution in [0.25, 0.3) is 21.9 Å². The molecule has 0 aromatic heterocycles. The number of benzene rings is 5. The number of carbonyl (C=O) groups excluding carboxylic acids is 2. The molecule has 0 radical (unpaired) electrons. The minimum absolute atomic E-state index is 0.170. The zero-order valence-electron chi connectivity index (χ0n) is 21.9. The molecule has 0 bridgehead atoms. The second kappa shape index (κ2) is 12.7. The normalized spacial score (nSPS) is 11.8. The molecule has 0 aliphatic heterocycles. The van der Waals surface area contributed by atoms with Crippen LogP contribution in [-0.2, 0) is 4.79 Å². The summed E-state index contributed by atoms with van der Waals surface area (Å²) in [6.07, 6.45) is 0.625. The van der Waals surface area contributed by atoms with Gasteiger partial charge in [0.1, 0.15) is 11.5 Å². The van der Waals surface area contributed by atoms with Gasteiger partial charge in [0.2, 0.25) is 0 Å². The lowest BCUT2D eigenvalue weighted by Gasteiger charge is -2.14. The fourth-order valence-electron chi connectivity index (χ4n) is 4.17. The van der Waals surface area contributed by atoms with Crippen LogP contribution in [0.3, 0.4) is 0 Å². The van der Waals surface area contributed by atoms with Crippen LogP contribution in [0.4, 0.5) is 0 Å². The molecule has 6 nitrogen and oxygen atoms in total. The van der Waals surface area contributed by atoms with Gasteiger partial charge in [0.25, 0.3) is 5.91 Å². The van der Waals surface area contributed by atoms with Gasteiger partial charge in [-0.2, -0.15) is 5.10 Å². The molecule has 0 spiro atoms. The Morgan fingerprint density at radius 3 is 2.29 bits per heavy atom. The lowest BCUT2D eigenvalue weighted by Crippen LogP contribution is -2.33. The predicted octanol–water partition coefficient (Wildman–Crippen LogP) is 7.95. The maximum Gasteiger partial charge on any atom is 0.345 e. The molecule has 0 aliphatic rings. The van der Waals surface area contributed by atoms with Gasteiger partial charge in [0.05, 0.1) is 16.8 Å². The Hall–Kier alpha value is -4.65. The molecule has 0 saturated heterocycles. The van der Waals surface area contributed by atoms with Gasteiger partial charge in [-0.3, -0.25) is 4.79 Å². The highest BCUT2D eigenvalue weighted by Gasteiger charge is 2.17. The second-order valence-electron chi connectivity index (χ2n) is 9.10. The highest BCUT2D eigenvalue weighted by molar-refractivity contribution is 6.36. The topological polar surface area (TPSA) is 77.0 Å². The van der Waals surface area contributed by atoms with Gasteiger partial charge < -0.3 is 9.47 Å². The van der Waals surface area contributed by atoms with Gasteiger partial charge in [0.15, 0.2) is 6.10 Å². The molecule has 8 heteroatoms. The van der Waals surface area contributed by atoms with Crippen molar-refractivity contribution in [2.75, 3.05) is 0 Å². The van der Waals surface area contributed by atoms with Crippen LogP contribution in [0.1, 0.15) is 22.8 Å². The summed E-state index contributed by atoms with van der Waals surface area (Å²) in [5.41, 5.74) is 5.32. The first-order valence-electron chi connectivity index (χ1n) is 12.7. The Morgan fingerprint density at radius 2 is 1.54 bits per heavy atom. The molecule has 1 N–H and O–H groups in total. The first kappa shape index (κ1) is 27.9. The van der Waals surface area contributed by atoms with Crippen molar-refractivity contribution in [1.29, 1.82) is 0 Å². The summed E-state index contributed by atoms with van der Waals surface area (Å²) in [5.74, 6) is -0.290. The van der Waals surface area contributed by atoms with Gasteiger partial charge in [-0.1, -0.05) is 96.0 Å². The van der Waals surface area contributed by atoms with E-state index < -0.39 is 18.0 Å². The molecule has 5 rings (SSSR count). The third kappa shape index (κ3) is 6.74. The minimum Gasteiger partial charge on any atom is -0.481 e. The Morgan fingerprint density at radius 1 is 0.829 bits per heavy atom. The first-order chi connectivity index (χ1) is 19.9. The maximum atomic E-state index is 12.9. The third-order valence-corrected chi connectivity index (χ3v) is 6.84. The van der Waals surface area contributed by atoms with E-state index in [1.54, 1.807) is 19.1 Å². The summed E-state index contributed by atoms with van der Waals surface area (Å²) in [4.78, 5) is 25.6. The first-order valence-corrected chi connectivity index (χ1v) is 13.5. The number of ether oxygens (including phenoxy) is 2. The van der Waals surface area contributed by atoms with Crippen molar-refractivity contribution < 1.29 is 19.1 Å². The van der Waals surface area contributed by atoms with Crippen LogP contribution in [0.5, 0.6) is 11.5 Å². The molecule has 5 aromatic rings. The van der Waals surface area contributed by atoms with E-state index in [4.69, 9.17) is 32.7 Å². The third-order valence-electron chi connectivity index (χ3n) is 6.30. The van der Waals surface area contributed by atoms with Crippen molar-refractivity contribution in [2.24, 2.45) is 5.10 Å². The summed E-state index contributed by atoms with van der Waals surface area (Å²) < 4.78 is 11.5. The van der Waals surface area contributed by atoms with Crippen molar-refractivity contribution in [3.05, 3.63) is 130 Å². The molecular weight excluding hydrogens is 559 g/mol. The number of hydrogen-bond donors (Lipinski definition) is 1. The van der Waals surface area contributed by atoms with E-state index in [1.165, 1.54) is 18.3 Å². The van der Waals surface area contributed by atoms with Crippen molar-refractivity contribution in [2.45, 2.75) is 13.0 Å². The standard InChI is InChI=1S/C33H24Cl2N2O4/c1-21(40-26-15-11-23(12-16-26)22-7-3-2-4-8-22)32(38)37-36-20-29-27-10-6-5-9-24(27)13-18-31(29)41-33(39)28-17-14-25(34)19-30(28)35/h2-21H,1H3,(H,37,38)/b36-20-/t21-/m1/s1. The molecule has 0 fully saturated rings. The molecular formula is C33H24Cl2N2O4. The molecule has 41 heavy (non-hydrogen) atoms. The molecule has 0 heterocycles. The fraction of sp³-hybridized carbons (Fsp3) is 0.0606. The van der Waals surface area contributed by atoms with Crippen molar-refractivity contribution in [1.82, 2.24) is 5.43 Å². The van der Waals surface area contributed by atoms with Crippen LogP contribution in [-0.4, -0.2) is 24.2 Å². The van der Waals surface area contributed by atoms with Crippen LogP contribution in [0.2, 0.25) is 10.0 Å². The lowest BCUT2D eigenvalue weighted by molar-refractivity contribution is -0.127. The number of rotatable bonds is 8. The number of halogens is 2. The summed E-state index contributed by atoms with van der Waals surface area (Å²) in [7, 11) is 0. The van der Waals surface area contributed by atoms with Crippen molar-refractivity contribution >= 4 is 52.1 Å². The minimum atomic E-state index is -0.813. The smallest absolute Gasteiger partial charge is 0.345 e. The molecule has 0 aliphatic carbocycles. The SMILES string of the molecule is C[C@@H](Oc1ccc(-c2ccccc2)cc1)C(=O)N/N=C\c1c(OC(=O)c2ccc(Cl)cc2Cl)ccc2ccccc12. The van der Waals surface area contributed by atoms with Crippen LogP contribution in [0, 0.1) is 0 Å². The van der Waals surface area contributed by atoms with Gasteiger partial charge in [-0.25, -0.2) is 10.2 Å². The fourth-order valence-corrected chi connectivity index (χ4v) is 4.66. The summed E-state index contributed by atoms with van der Waals surface area (Å²) >= 11 is 12.2. The van der Waals surface area contributed by atoms with E-state index in [0.29, 0.717) is 16.3 Å². The highest BCUT2D eigenvalue weighted by Crippen LogP contribution is 2.29. The Kier molecular flexibility index (Phi) is 8.63. The molecule has 1 atom stereocenters. The largest absolute Gasteiger partial charge is 0.481 e. The van der Waals surface area contributed by atoms with Gasteiger partial charge in [-0.05, 0) is 65.2 Å². The number of fused-ring (bicyclic) bond motifs is 1. The van der Waals surface area contributed by atoms with E-state index in [2.05, 4.69) is 10.5 Å². The quantitative estimate of drug-likeness (QED) is 0.0871. The van der Waals surface area contributed by atoms with Gasteiger partial charge >= 0.3 is 5.97 Å². The number of hydrogen-bond acceptors (Lipinski definition) is 5. The van der Waals surface area contributed by atoms with Crippen molar-refractivity contribution in [3.63, 3.8) is 0 Å². The van der Waals surface area contributed by atoms with E-state index in [9.17, 15) is 9.59 Å². The van der Waals surface area contributed by atoms with Crippen LogP contribution < -0.4 is 14.9 Å². The average Bonchev–Trinajstić information content (AvgIpc) is 2.98. The Balaban J connectivity index is 1.29. The number of amides is 1. The zero-order valence-corrected chi connectivity index (χ0v) is 23.4. The number of carbonyl (C=O) groups is 2. The van der Waals surface area contributed by atoms with Crippen LogP contribution in [0.15, 0.2) is 114 Å². The monoisotopic (exact) mass is 582 g/mol. The number of nitrogens with one attached hydrogen (secondary N) is 1. The van der Waals surface area contributed by atoms with E-state index >= 15 is 0 Å².